The monoisotopic (exact) mass is 403 g/mol. The quantitative estimate of drug-likeness (QED) is 0.857. The van der Waals surface area contributed by atoms with Gasteiger partial charge in [0, 0.05) is 37.8 Å². The number of rotatable bonds is 3. The third-order valence-corrected chi connectivity index (χ3v) is 6.49. The van der Waals surface area contributed by atoms with E-state index in [0.29, 0.717) is 22.3 Å². The van der Waals surface area contributed by atoms with Gasteiger partial charge in [-0.3, -0.25) is 9.59 Å². The number of halogens is 1. The molecule has 7 heteroatoms. The largest absolute Gasteiger partial charge is 0.347 e. The highest BCUT2D eigenvalue weighted by Crippen LogP contribution is 2.23. The van der Waals surface area contributed by atoms with Crippen molar-refractivity contribution in [3.05, 3.63) is 56.2 Å². The maximum atomic E-state index is 12.9. The first-order chi connectivity index (χ1) is 13.0. The third kappa shape index (κ3) is 4.03. The Morgan fingerprint density at radius 2 is 2.04 bits per heavy atom. The lowest BCUT2D eigenvalue weighted by Crippen LogP contribution is -2.38. The minimum absolute atomic E-state index is 0.0198. The van der Waals surface area contributed by atoms with E-state index in [4.69, 9.17) is 11.6 Å². The summed E-state index contributed by atoms with van der Waals surface area (Å²) in [5, 5.41) is 3.01. The molecule has 1 aromatic heterocycles. The van der Waals surface area contributed by atoms with Crippen molar-refractivity contribution in [2.45, 2.75) is 25.4 Å². The van der Waals surface area contributed by atoms with Gasteiger partial charge in [-0.1, -0.05) is 17.7 Å². The van der Waals surface area contributed by atoms with Crippen LogP contribution in [-0.4, -0.2) is 54.3 Å². The van der Waals surface area contributed by atoms with Gasteiger partial charge in [-0.25, -0.2) is 0 Å². The molecule has 1 aromatic carbocycles. The number of likely N-dealkylation sites (tertiary alicyclic amines) is 1. The second-order valence-electron chi connectivity index (χ2n) is 7.29. The molecule has 2 aliphatic heterocycles. The van der Waals surface area contributed by atoms with Crippen molar-refractivity contribution in [1.82, 2.24) is 15.1 Å². The number of nitrogens with one attached hydrogen (secondary N) is 1. The van der Waals surface area contributed by atoms with E-state index in [1.165, 1.54) is 22.5 Å². The minimum atomic E-state index is -0.121. The van der Waals surface area contributed by atoms with Crippen molar-refractivity contribution < 1.29 is 9.59 Å². The van der Waals surface area contributed by atoms with Gasteiger partial charge in [0.1, 0.15) is 0 Å². The standard InChI is InChI=1S/C20H22ClN3O2S/c1-23-8-6-13-10-14(2-3-15(13)11-23)20(26)24-9-7-16(12-24)22-19(25)17-4-5-18(21)27-17/h2-5,10,16H,6-9,11-12H2,1H3,(H,22,25). The van der Waals surface area contributed by atoms with Gasteiger partial charge >= 0.3 is 0 Å². The van der Waals surface area contributed by atoms with Gasteiger partial charge in [0.05, 0.1) is 9.21 Å². The van der Waals surface area contributed by atoms with Crippen LogP contribution in [0.25, 0.3) is 0 Å². The fraction of sp³-hybridized carbons (Fsp3) is 0.400. The molecule has 0 radical (unpaired) electrons. The Labute approximate surface area is 167 Å². The molecule has 1 fully saturated rings. The lowest BCUT2D eigenvalue weighted by atomic mass is 9.97. The van der Waals surface area contributed by atoms with E-state index in [1.807, 2.05) is 17.0 Å². The zero-order valence-corrected chi connectivity index (χ0v) is 16.8. The van der Waals surface area contributed by atoms with E-state index in [0.717, 1.165) is 31.5 Å². The molecule has 2 amide bonds. The first-order valence-corrected chi connectivity index (χ1v) is 10.3. The van der Waals surface area contributed by atoms with E-state index < -0.39 is 0 Å². The third-order valence-electron chi connectivity index (χ3n) is 5.26. The average Bonchev–Trinajstić information content (AvgIpc) is 3.30. The van der Waals surface area contributed by atoms with E-state index in [-0.39, 0.29) is 17.9 Å². The number of nitrogens with zero attached hydrogens (tertiary/aromatic N) is 2. The van der Waals surface area contributed by atoms with Crippen molar-refractivity contribution in [2.24, 2.45) is 0 Å². The lowest BCUT2D eigenvalue weighted by Gasteiger charge is -2.25. The van der Waals surface area contributed by atoms with E-state index in [9.17, 15) is 9.59 Å². The van der Waals surface area contributed by atoms with Crippen LogP contribution in [0.4, 0.5) is 0 Å². The van der Waals surface area contributed by atoms with Crippen LogP contribution in [0.15, 0.2) is 30.3 Å². The molecule has 0 spiro atoms. The summed E-state index contributed by atoms with van der Waals surface area (Å²) in [7, 11) is 2.12. The second kappa shape index (κ2) is 7.62. The van der Waals surface area contributed by atoms with Gasteiger partial charge in [0.2, 0.25) is 0 Å². The Kier molecular flexibility index (Phi) is 5.21. The summed E-state index contributed by atoms with van der Waals surface area (Å²) in [5.74, 6) is -0.0725. The molecule has 1 atom stereocenters. The molecule has 142 valence electrons. The number of carbonyl (C=O) groups excluding carboxylic acids is 2. The van der Waals surface area contributed by atoms with Gasteiger partial charge in [-0.05, 0) is 55.3 Å². The van der Waals surface area contributed by atoms with Crippen molar-refractivity contribution in [2.75, 3.05) is 26.7 Å². The molecular formula is C20H22ClN3O2S. The van der Waals surface area contributed by atoms with Gasteiger partial charge in [-0.2, -0.15) is 0 Å². The van der Waals surface area contributed by atoms with Crippen LogP contribution >= 0.6 is 22.9 Å². The Balaban J connectivity index is 1.38. The van der Waals surface area contributed by atoms with Crippen LogP contribution in [0.2, 0.25) is 4.34 Å². The first kappa shape index (κ1) is 18.5. The van der Waals surface area contributed by atoms with Gasteiger partial charge in [0.15, 0.2) is 0 Å². The summed E-state index contributed by atoms with van der Waals surface area (Å²) >= 11 is 7.16. The molecule has 1 saturated heterocycles. The van der Waals surface area contributed by atoms with E-state index >= 15 is 0 Å². The molecule has 1 unspecified atom stereocenters. The Hall–Kier alpha value is -1.89. The van der Waals surface area contributed by atoms with Crippen LogP contribution in [0.1, 0.15) is 37.6 Å². The molecule has 0 bridgehead atoms. The van der Waals surface area contributed by atoms with Crippen LogP contribution in [-0.2, 0) is 13.0 Å². The smallest absolute Gasteiger partial charge is 0.261 e. The number of fused-ring (bicyclic) bond motifs is 1. The SMILES string of the molecule is CN1CCc2cc(C(=O)N3CCC(NC(=O)c4ccc(Cl)s4)C3)ccc2C1. The fourth-order valence-electron chi connectivity index (χ4n) is 3.77. The average molecular weight is 404 g/mol. The van der Waals surface area contributed by atoms with Gasteiger partial charge in [0.25, 0.3) is 11.8 Å². The Bertz CT molecular complexity index is 882. The number of amides is 2. The molecule has 0 saturated carbocycles. The molecule has 2 aliphatic rings. The van der Waals surface area contributed by atoms with Crippen molar-refractivity contribution in [1.29, 1.82) is 0 Å². The number of hydrogen-bond donors (Lipinski definition) is 1. The summed E-state index contributed by atoms with van der Waals surface area (Å²) < 4.78 is 0.599. The van der Waals surface area contributed by atoms with Crippen molar-refractivity contribution >= 4 is 34.8 Å². The number of benzene rings is 1. The molecule has 2 aromatic rings. The Morgan fingerprint density at radius 1 is 1.19 bits per heavy atom. The van der Waals surface area contributed by atoms with Crippen LogP contribution < -0.4 is 5.32 Å². The first-order valence-electron chi connectivity index (χ1n) is 9.15. The number of likely N-dealkylation sites (N-methyl/N-ethyl adjacent to an activating group) is 1. The normalized spacial score (nSPS) is 19.8. The maximum absolute atomic E-state index is 12.9. The molecule has 5 nitrogen and oxygen atoms in total. The molecule has 27 heavy (non-hydrogen) atoms. The predicted molar refractivity (Wildman–Crippen MR) is 108 cm³/mol. The zero-order valence-electron chi connectivity index (χ0n) is 15.2. The summed E-state index contributed by atoms with van der Waals surface area (Å²) in [6, 6.07) is 9.48. The minimum Gasteiger partial charge on any atom is -0.347 e. The van der Waals surface area contributed by atoms with E-state index in [2.05, 4.69) is 23.3 Å². The molecule has 1 N–H and O–H groups in total. The van der Waals surface area contributed by atoms with Gasteiger partial charge in [-0.15, -0.1) is 11.3 Å². The van der Waals surface area contributed by atoms with Crippen LogP contribution in [0, 0.1) is 0 Å². The number of hydrogen-bond acceptors (Lipinski definition) is 4. The number of carbonyl (C=O) groups is 2. The van der Waals surface area contributed by atoms with Crippen molar-refractivity contribution in [3.8, 4) is 0 Å². The molecule has 4 rings (SSSR count). The lowest BCUT2D eigenvalue weighted by molar-refractivity contribution is 0.0783. The highest BCUT2D eigenvalue weighted by Gasteiger charge is 2.29. The van der Waals surface area contributed by atoms with Crippen LogP contribution in [0.5, 0.6) is 0 Å². The number of thiophene rings is 1. The predicted octanol–water partition coefficient (Wildman–Crippen LogP) is 3.03. The van der Waals surface area contributed by atoms with Gasteiger partial charge < -0.3 is 15.1 Å². The Morgan fingerprint density at radius 3 is 2.81 bits per heavy atom. The maximum Gasteiger partial charge on any atom is 0.261 e. The summed E-state index contributed by atoms with van der Waals surface area (Å²) in [5.41, 5.74) is 3.33. The van der Waals surface area contributed by atoms with E-state index in [1.54, 1.807) is 12.1 Å². The topological polar surface area (TPSA) is 52.7 Å². The molecule has 0 aliphatic carbocycles. The summed E-state index contributed by atoms with van der Waals surface area (Å²) in [6.45, 7) is 3.17. The second-order valence-corrected chi connectivity index (χ2v) is 9.00. The molecule has 3 heterocycles. The van der Waals surface area contributed by atoms with Crippen molar-refractivity contribution in [3.63, 3.8) is 0 Å². The van der Waals surface area contributed by atoms with Crippen LogP contribution in [0.3, 0.4) is 0 Å². The fourth-order valence-corrected chi connectivity index (χ4v) is 4.71. The summed E-state index contributed by atoms with van der Waals surface area (Å²) in [4.78, 5) is 29.9. The highest BCUT2D eigenvalue weighted by molar-refractivity contribution is 7.18. The zero-order chi connectivity index (χ0) is 19.0. The highest BCUT2D eigenvalue weighted by atomic mass is 35.5. The summed E-state index contributed by atoms with van der Waals surface area (Å²) in [6.07, 6.45) is 1.75. The molecular weight excluding hydrogens is 382 g/mol.